The second-order valence-electron chi connectivity index (χ2n) is 6.60. The van der Waals surface area contributed by atoms with Crippen molar-refractivity contribution in [2.75, 3.05) is 18.0 Å². The van der Waals surface area contributed by atoms with Crippen LogP contribution in [0.3, 0.4) is 0 Å². The zero-order valence-corrected chi connectivity index (χ0v) is 14.6. The van der Waals surface area contributed by atoms with Gasteiger partial charge in [-0.2, -0.15) is 0 Å². The first-order chi connectivity index (χ1) is 11.2. The maximum absolute atomic E-state index is 5.00. The van der Waals surface area contributed by atoms with Gasteiger partial charge in [0.1, 0.15) is 0 Å². The van der Waals surface area contributed by atoms with Gasteiger partial charge in [0.2, 0.25) is 5.95 Å². The Morgan fingerprint density at radius 3 is 2.52 bits per heavy atom. The number of rotatable bonds is 4. The first-order valence-corrected chi connectivity index (χ1v) is 8.88. The SMILES string of the molecule is CCCc1c(C)nc(N2CCCCC2)nc1-c1cccc(C)c1. The van der Waals surface area contributed by atoms with E-state index in [1.165, 1.54) is 36.0 Å². The highest BCUT2D eigenvalue weighted by molar-refractivity contribution is 5.66. The third-order valence-corrected chi connectivity index (χ3v) is 4.63. The van der Waals surface area contributed by atoms with E-state index in [-0.39, 0.29) is 0 Å². The van der Waals surface area contributed by atoms with Crippen LogP contribution in [0.25, 0.3) is 11.3 Å². The first-order valence-electron chi connectivity index (χ1n) is 8.88. The van der Waals surface area contributed by atoms with Crippen LogP contribution in [0.2, 0.25) is 0 Å². The smallest absolute Gasteiger partial charge is 0.226 e. The number of benzene rings is 1. The number of piperidine rings is 1. The topological polar surface area (TPSA) is 29.0 Å². The average Bonchev–Trinajstić information content (AvgIpc) is 2.57. The maximum atomic E-state index is 5.00. The van der Waals surface area contributed by atoms with E-state index in [2.05, 4.69) is 49.9 Å². The minimum Gasteiger partial charge on any atom is -0.341 e. The fourth-order valence-electron chi connectivity index (χ4n) is 3.40. The Morgan fingerprint density at radius 2 is 1.83 bits per heavy atom. The molecular formula is C20H27N3. The number of aromatic nitrogens is 2. The summed E-state index contributed by atoms with van der Waals surface area (Å²) in [5.74, 6) is 0.915. The highest BCUT2D eigenvalue weighted by atomic mass is 15.3. The molecule has 3 heteroatoms. The normalized spacial score (nSPS) is 15.0. The van der Waals surface area contributed by atoms with Crippen molar-refractivity contribution in [1.29, 1.82) is 0 Å². The molecular weight excluding hydrogens is 282 g/mol. The Kier molecular flexibility index (Phi) is 4.94. The van der Waals surface area contributed by atoms with E-state index in [0.717, 1.165) is 43.3 Å². The number of aryl methyl sites for hydroxylation is 2. The van der Waals surface area contributed by atoms with Crippen molar-refractivity contribution in [1.82, 2.24) is 9.97 Å². The van der Waals surface area contributed by atoms with Gasteiger partial charge in [0, 0.05) is 24.3 Å². The highest BCUT2D eigenvalue weighted by Gasteiger charge is 2.18. The molecule has 122 valence electrons. The molecule has 2 aromatic rings. The van der Waals surface area contributed by atoms with Crippen LogP contribution in [0.15, 0.2) is 24.3 Å². The molecule has 0 atom stereocenters. The molecule has 0 aliphatic carbocycles. The van der Waals surface area contributed by atoms with Crippen molar-refractivity contribution in [3.63, 3.8) is 0 Å². The predicted molar refractivity (Wildman–Crippen MR) is 97.0 cm³/mol. The first kappa shape index (κ1) is 16.0. The van der Waals surface area contributed by atoms with Crippen LogP contribution < -0.4 is 4.90 Å². The van der Waals surface area contributed by atoms with Crippen molar-refractivity contribution in [2.45, 2.75) is 52.9 Å². The maximum Gasteiger partial charge on any atom is 0.226 e. The minimum atomic E-state index is 0.915. The number of hydrogen-bond donors (Lipinski definition) is 0. The summed E-state index contributed by atoms with van der Waals surface area (Å²) in [6.07, 6.45) is 5.98. The molecule has 1 aromatic carbocycles. The van der Waals surface area contributed by atoms with Crippen molar-refractivity contribution >= 4 is 5.95 Å². The highest BCUT2D eigenvalue weighted by Crippen LogP contribution is 2.28. The van der Waals surface area contributed by atoms with Gasteiger partial charge in [0.05, 0.1) is 5.69 Å². The third kappa shape index (κ3) is 3.54. The van der Waals surface area contributed by atoms with E-state index in [1.54, 1.807) is 0 Å². The molecule has 0 unspecified atom stereocenters. The molecule has 1 aliphatic heterocycles. The molecule has 1 fully saturated rings. The van der Waals surface area contributed by atoms with Gasteiger partial charge in [-0.15, -0.1) is 0 Å². The molecule has 0 radical (unpaired) electrons. The van der Waals surface area contributed by atoms with Gasteiger partial charge in [-0.3, -0.25) is 0 Å². The lowest BCUT2D eigenvalue weighted by molar-refractivity contribution is 0.567. The summed E-state index contributed by atoms with van der Waals surface area (Å²) in [7, 11) is 0. The lowest BCUT2D eigenvalue weighted by Crippen LogP contribution is -2.31. The standard InChI is InChI=1S/C20H27N3/c1-4-9-18-16(3)21-20(23-12-6-5-7-13-23)22-19(18)17-11-8-10-15(2)14-17/h8,10-11,14H,4-7,9,12-13H2,1-3H3. The number of anilines is 1. The monoisotopic (exact) mass is 309 g/mol. The average molecular weight is 309 g/mol. The van der Waals surface area contributed by atoms with Gasteiger partial charge >= 0.3 is 0 Å². The molecule has 0 saturated carbocycles. The second-order valence-corrected chi connectivity index (χ2v) is 6.60. The molecule has 2 heterocycles. The van der Waals surface area contributed by atoms with Crippen LogP contribution in [-0.2, 0) is 6.42 Å². The Bertz CT molecular complexity index is 673. The summed E-state index contributed by atoms with van der Waals surface area (Å²) in [6, 6.07) is 8.68. The zero-order valence-electron chi connectivity index (χ0n) is 14.6. The van der Waals surface area contributed by atoms with Gasteiger partial charge in [0.25, 0.3) is 0 Å². The van der Waals surface area contributed by atoms with E-state index < -0.39 is 0 Å². The molecule has 1 aromatic heterocycles. The molecule has 3 rings (SSSR count). The molecule has 1 aliphatic rings. The second kappa shape index (κ2) is 7.12. The van der Waals surface area contributed by atoms with Gasteiger partial charge in [-0.05, 0) is 51.2 Å². The molecule has 0 bridgehead atoms. The van der Waals surface area contributed by atoms with Gasteiger partial charge in [0.15, 0.2) is 0 Å². The number of nitrogens with zero attached hydrogens (tertiary/aromatic N) is 3. The fourth-order valence-corrected chi connectivity index (χ4v) is 3.40. The molecule has 0 spiro atoms. The van der Waals surface area contributed by atoms with Crippen LogP contribution in [-0.4, -0.2) is 23.1 Å². The van der Waals surface area contributed by atoms with E-state index in [9.17, 15) is 0 Å². The summed E-state index contributed by atoms with van der Waals surface area (Å²) >= 11 is 0. The largest absolute Gasteiger partial charge is 0.341 e. The summed E-state index contributed by atoms with van der Waals surface area (Å²) in [5.41, 5.74) is 6.07. The zero-order chi connectivity index (χ0) is 16.2. The van der Waals surface area contributed by atoms with Crippen LogP contribution in [0, 0.1) is 13.8 Å². The van der Waals surface area contributed by atoms with E-state index in [4.69, 9.17) is 9.97 Å². The van der Waals surface area contributed by atoms with E-state index in [1.807, 2.05) is 0 Å². The Balaban J connectivity index is 2.08. The Labute approximate surface area is 139 Å². The summed E-state index contributed by atoms with van der Waals surface area (Å²) < 4.78 is 0. The Hall–Kier alpha value is -1.90. The summed E-state index contributed by atoms with van der Waals surface area (Å²) in [4.78, 5) is 12.2. The third-order valence-electron chi connectivity index (χ3n) is 4.63. The van der Waals surface area contributed by atoms with Crippen molar-refractivity contribution < 1.29 is 0 Å². The summed E-state index contributed by atoms with van der Waals surface area (Å²) in [6.45, 7) is 8.67. The minimum absolute atomic E-state index is 0.915. The molecule has 23 heavy (non-hydrogen) atoms. The van der Waals surface area contributed by atoms with Gasteiger partial charge in [-0.1, -0.05) is 37.1 Å². The fraction of sp³-hybridized carbons (Fsp3) is 0.500. The van der Waals surface area contributed by atoms with Gasteiger partial charge in [-0.25, -0.2) is 9.97 Å². The predicted octanol–water partition coefficient (Wildman–Crippen LogP) is 4.70. The molecule has 0 N–H and O–H groups in total. The van der Waals surface area contributed by atoms with E-state index >= 15 is 0 Å². The lowest BCUT2D eigenvalue weighted by atomic mass is 10.00. The van der Waals surface area contributed by atoms with Crippen LogP contribution in [0.1, 0.15) is 49.4 Å². The van der Waals surface area contributed by atoms with Crippen LogP contribution in [0.4, 0.5) is 5.95 Å². The van der Waals surface area contributed by atoms with Crippen LogP contribution in [0.5, 0.6) is 0 Å². The lowest BCUT2D eigenvalue weighted by Gasteiger charge is -2.28. The summed E-state index contributed by atoms with van der Waals surface area (Å²) in [5, 5.41) is 0. The Morgan fingerprint density at radius 1 is 1.04 bits per heavy atom. The quantitative estimate of drug-likeness (QED) is 0.819. The molecule has 1 saturated heterocycles. The van der Waals surface area contributed by atoms with Crippen molar-refractivity contribution in [3.05, 3.63) is 41.1 Å². The molecule has 3 nitrogen and oxygen atoms in total. The van der Waals surface area contributed by atoms with Crippen LogP contribution >= 0.6 is 0 Å². The van der Waals surface area contributed by atoms with Crippen molar-refractivity contribution in [3.8, 4) is 11.3 Å². The van der Waals surface area contributed by atoms with E-state index in [0.29, 0.717) is 0 Å². The number of hydrogen-bond acceptors (Lipinski definition) is 3. The van der Waals surface area contributed by atoms with Crippen molar-refractivity contribution in [2.24, 2.45) is 0 Å². The van der Waals surface area contributed by atoms with Gasteiger partial charge < -0.3 is 4.90 Å². The molecule has 0 amide bonds.